The van der Waals surface area contributed by atoms with E-state index in [1.807, 2.05) is 0 Å². The standard InChI is InChI=1S/C10H12N6O4.Rb/c1-4(17)5(9(18)19)15-10(20)16-8-6-7(12-2-11-6)13-3-14-8;/h2-5,17H,1H3,(H,18,19)(H3,11,12,13,14,15,16,20);/q;+1/p-1/t4-,5+;/m1./s1. The number of hydrogen-bond donors (Lipinski definition) is 4. The van der Waals surface area contributed by atoms with Crippen molar-refractivity contribution >= 4 is 29.0 Å². The Labute approximate surface area is 167 Å². The van der Waals surface area contributed by atoms with E-state index in [0.29, 0.717) is 11.2 Å². The Hall–Kier alpha value is -0.945. The molecule has 2 aromatic rings. The maximum atomic E-state index is 11.7. The van der Waals surface area contributed by atoms with Crippen LogP contribution in [0.5, 0.6) is 0 Å². The minimum Gasteiger partial charge on any atom is -0.548 e. The van der Waals surface area contributed by atoms with E-state index in [4.69, 9.17) is 0 Å². The number of aliphatic carboxylic acids is 1. The number of urea groups is 1. The Balaban J connectivity index is 0.00000220. The van der Waals surface area contributed by atoms with Crippen LogP contribution >= 0.6 is 0 Å². The van der Waals surface area contributed by atoms with Crippen LogP contribution in [0.15, 0.2) is 12.7 Å². The van der Waals surface area contributed by atoms with Crippen molar-refractivity contribution in [3.63, 3.8) is 0 Å². The molecule has 2 aromatic heterocycles. The molecule has 2 atom stereocenters. The normalized spacial score (nSPS) is 13.0. The molecule has 106 valence electrons. The monoisotopic (exact) mass is 364 g/mol. The zero-order chi connectivity index (χ0) is 14.7. The van der Waals surface area contributed by atoms with Gasteiger partial charge in [-0.1, -0.05) is 0 Å². The van der Waals surface area contributed by atoms with E-state index in [0.717, 1.165) is 0 Å². The summed E-state index contributed by atoms with van der Waals surface area (Å²) in [6.45, 7) is 1.22. The first-order chi connectivity index (χ1) is 9.49. The van der Waals surface area contributed by atoms with Crippen LogP contribution in [0.1, 0.15) is 6.92 Å². The molecule has 0 saturated heterocycles. The summed E-state index contributed by atoms with van der Waals surface area (Å²) in [5.41, 5.74) is 0.743. The van der Waals surface area contributed by atoms with Crippen LogP contribution in [0.25, 0.3) is 11.2 Å². The van der Waals surface area contributed by atoms with E-state index in [1.165, 1.54) is 19.6 Å². The average molecular weight is 365 g/mol. The Morgan fingerprint density at radius 3 is 2.71 bits per heavy atom. The van der Waals surface area contributed by atoms with Crippen molar-refractivity contribution < 1.29 is 78.0 Å². The Kier molecular flexibility index (Phi) is 6.80. The molecule has 0 radical (unpaired) electrons. The van der Waals surface area contributed by atoms with Crippen LogP contribution in [0.3, 0.4) is 0 Å². The second-order valence-electron chi connectivity index (χ2n) is 3.96. The van der Waals surface area contributed by atoms with Crippen molar-refractivity contribution in [2.45, 2.75) is 19.1 Å². The number of carboxylic acids is 1. The maximum absolute atomic E-state index is 11.7. The minimum atomic E-state index is -1.59. The first-order valence-corrected chi connectivity index (χ1v) is 5.59. The Morgan fingerprint density at radius 1 is 1.38 bits per heavy atom. The number of aromatic nitrogens is 4. The average Bonchev–Trinajstić information content (AvgIpc) is 2.84. The fourth-order valence-corrected chi connectivity index (χ4v) is 1.52. The van der Waals surface area contributed by atoms with E-state index < -0.39 is 24.1 Å². The molecule has 4 N–H and O–H groups in total. The van der Waals surface area contributed by atoms with Crippen molar-refractivity contribution in [3.05, 3.63) is 12.7 Å². The van der Waals surface area contributed by atoms with Gasteiger partial charge < -0.3 is 25.3 Å². The van der Waals surface area contributed by atoms with Crippen LogP contribution in [0.4, 0.5) is 10.6 Å². The number of carbonyl (C=O) groups excluding carboxylic acids is 2. The number of amides is 2. The molecule has 0 spiro atoms. The third kappa shape index (κ3) is 4.51. The number of carbonyl (C=O) groups is 2. The second-order valence-corrected chi connectivity index (χ2v) is 3.96. The zero-order valence-corrected chi connectivity index (χ0v) is 16.2. The molecule has 10 nitrogen and oxygen atoms in total. The number of nitrogens with one attached hydrogen (secondary N) is 3. The molecule has 11 heteroatoms. The number of H-pyrrole nitrogens is 1. The summed E-state index contributed by atoms with van der Waals surface area (Å²) in [6.07, 6.45) is 1.27. The van der Waals surface area contributed by atoms with Gasteiger partial charge >= 0.3 is 64.2 Å². The zero-order valence-electron chi connectivity index (χ0n) is 11.3. The maximum Gasteiger partial charge on any atom is 1.00 e. The summed E-state index contributed by atoms with van der Waals surface area (Å²) in [5, 5.41) is 24.4. The number of fused-ring (bicyclic) bond motifs is 1. The van der Waals surface area contributed by atoms with Gasteiger partial charge in [-0.25, -0.2) is 19.7 Å². The molecule has 0 fully saturated rings. The number of aromatic amines is 1. The molecule has 0 aliphatic rings. The van der Waals surface area contributed by atoms with E-state index in [2.05, 4.69) is 30.6 Å². The summed E-state index contributed by atoms with van der Waals surface area (Å²) in [4.78, 5) is 36.7. The van der Waals surface area contributed by atoms with Gasteiger partial charge in [0.15, 0.2) is 11.5 Å². The number of nitrogens with zero attached hydrogens (tertiary/aromatic N) is 3. The summed E-state index contributed by atoms with van der Waals surface area (Å²) >= 11 is 0. The van der Waals surface area contributed by atoms with Gasteiger partial charge in [0.2, 0.25) is 0 Å². The number of imidazole rings is 1. The van der Waals surface area contributed by atoms with Gasteiger partial charge in [0.25, 0.3) is 0 Å². The van der Waals surface area contributed by atoms with Crippen molar-refractivity contribution in [2.75, 3.05) is 5.32 Å². The summed E-state index contributed by atoms with van der Waals surface area (Å²) in [6, 6.07) is -2.39. The molecule has 2 heterocycles. The first-order valence-electron chi connectivity index (χ1n) is 5.59. The van der Waals surface area contributed by atoms with Crippen LogP contribution in [0.2, 0.25) is 0 Å². The van der Waals surface area contributed by atoms with Gasteiger partial charge in [0.05, 0.1) is 24.4 Å². The van der Waals surface area contributed by atoms with E-state index in [-0.39, 0.29) is 64.0 Å². The van der Waals surface area contributed by atoms with Crippen LogP contribution in [-0.4, -0.2) is 49.2 Å². The fraction of sp³-hybridized carbons (Fsp3) is 0.300. The van der Waals surface area contributed by atoms with Crippen LogP contribution in [0, 0.1) is 0 Å². The van der Waals surface area contributed by atoms with Crippen molar-refractivity contribution in [3.8, 4) is 0 Å². The van der Waals surface area contributed by atoms with Gasteiger partial charge in [-0.2, -0.15) is 0 Å². The van der Waals surface area contributed by atoms with Gasteiger partial charge in [-0.15, -0.1) is 0 Å². The van der Waals surface area contributed by atoms with Gasteiger partial charge in [0, 0.05) is 0 Å². The molecule has 0 bridgehead atoms. The quantitative estimate of drug-likeness (QED) is 0.423. The number of aliphatic hydroxyl groups is 1. The van der Waals surface area contributed by atoms with Gasteiger partial charge in [-0.3, -0.25) is 5.32 Å². The van der Waals surface area contributed by atoms with Gasteiger partial charge in [0.1, 0.15) is 11.8 Å². The Morgan fingerprint density at radius 2 is 2.10 bits per heavy atom. The topological polar surface area (TPSA) is 156 Å². The van der Waals surface area contributed by atoms with Crippen LogP contribution < -0.4 is 73.9 Å². The summed E-state index contributed by atoms with van der Waals surface area (Å²) in [5.74, 6) is -1.46. The van der Waals surface area contributed by atoms with Crippen molar-refractivity contribution in [1.29, 1.82) is 0 Å². The number of aliphatic hydroxyl groups excluding tert-OH is 1. The predicted octanol–water partition coefficient (Wildman–Crippen LogP) is -5.02. The molecule has 0 aliphatic carbocycles. The number of hydrogen-bond acceptors (Lipinski definition) is 7. The van der Waals surface area contributed by atoms with Crippen LogP contribution in [-0.2, 0) is 4.79 Å². The minimum absolute atomic E-state index is 0. The summed E-state index contributed by atoms with van der Waals surface area (Å²) < 4.78 is 0. The van der Waals surface area contributed by atoms with Crippen molar-refractivity contribution in [2.24, 2.45) is 0 Å². The predicted molar refractivity (Wildman–Crippen MR) is 64.3 cm³/mol. The summed E-state index contributed by atoms with van der Waals surface area (Å²) in [7, 11) is 0. The SMILES string of the molecule is C[C@@H](O)[C@H](NC(=O)Nc1ncnc2nc[nH]c12)C(=O)[O-].[Rb+]. The molecule has 2 amide bonds. The molecular weight excluding hydrogens is 354 g/mol. The van der Waals surface area contributed by atoms with E-state index in [9.17, 15) is 19.8 Å². The molecule has 0 aromatic carbocycles. The second kappa shape index (κ2) is 7.89. The molecular formula is C10H11N6O4Rb. The third-order valence-corrected chi connectivity index (χ3v) is 2.48. The molecule has 2 rings (SSSR count). The Bertz CT molecular complexity index is 645. The largest absolute Gasteiger partial charge is 1.00 e. The number of carboxylic acid groups (broad SMARTS) is 1. The first kappa shape index (κ1) is 18.1. The smallest absolute Gasteiger partial charge is 0.548 e. The van der Waals surface area contributed by atoms with Crippen molar-refractivity contribution in [1.82, 2.24) is 25.3 Å². The molecule has 0 unspecified atom stereocenters. The van der Waals surface area contributed by atoms with E-state index >= 15 is 0 Å². The molecule has 21 heavy (non-hydrogen) atoms. The number of anilines is 1. The molecule has 0 aliphatic heterocycles. The molecule has 0 saturated carbocycles. The van der Waals surface area contributed by atoms with Gasteiger partial charge in [-0.05, 0) is 6.92 Å². The fourth-order valence-electron chi connectivity index (χ4n) is 1.52. The number of rotatable bonds is 4. The third-order valence-electron chi connectivity index (χ3n) is 2.48. The van der Waals surface area contributed by atoms with E-state index in [1.54, 1.807) is 0 Å².